The average Bonchev–Trinajstić information content (AvgIpc) is 3.27. The Bertz CT molecular complexity index is 979. The van der Waals surface area contributed by atoms with Crippen molar-refractivity contribution in [2.75, 3.05) is 40.5 Å². The van der Waals surface area contributed by atoms with Gasteiger partial charge in [-0.1, -0.05) is 26.2 Å². The molecule has 2 aliphatic rings. The summed E-state index contributed by atoms with van der Waals surface area (Å²) in [5, 5.41) is 23.4. The highest BCUT2D eigenvalue weighted by atomic mass is 16.5. The van der Waals surface area contributed by atoms with E-state index in [0.717, 1.165) is 25.7 Å². The van der Waals surface area contributed by atoms with Gasteiger partial charge >= 0.3 is 0 Å². The number of aliphatic hydroxyl groups excluding tert-OH is 2. The maximum atomic E-state index is 13.2. The molecular weight excluding hydrogens is 468 g/mol. The van der Waals surface area contributed by atoms with Crippen LogP contribution in [0.15, 0.2) is 23.8 Å². The van der Waals surface area contributed by atoms with Crippen LogP contribution in [-0.4, -0.2) is 92.0 Å². The molecule has 0 radical (unpaired) electrons. The monoisotopic (exact) mass is 504 g/mol. The number of aliphatic hydroxyl groups is 2. The Kier molecular flexibility index (Phi) is 9.86. The number of carbonyl (C=O) groups excluding carboxylic acids is 3. The lowest BCUT2D eigenvalue weighted by atomic mass is 9.77. The first-order chi connectivity index (χ1) is 17.4. The van der Waals surface area contributed by atoms with Gasteiger partial charge in [-0.05, 0) is 24.6 Å². The Morgan fingerprint density at radius 1 is 1.22 bits per heavy atom. The number of ether oxygens (including phenoxy) is 3. The molecule has 4 atom stereocenters. The highest BCUT2D eigenvalue weighted by Gasteiger charge is 2.51. The summed E-state index contributed by atoms with van der Waals surface area (Å²) in [5.41, 5.74) is 1.17. The summed E-state index contributed by atoms with van der Waals surface area (Å²) in [4.78, 5) is 39.4. The number of carbonyl (C=O) groups is 3. The van der Waals surface area contributed by atoms with Crippen molar-refractivity contribution in [3.8, 4) is 11.5 Å². The summed E-state index contributed by atoms with van der Waals surface area (Å²) in [5.74, 6) is -0.795. The Balaban J connectivity index is 2.07. The molecule has 36 heavy (non-hydrogen) atoms. The molecule has 1 heterocycles. The second-order valence-corrected chi connectivity index (χ2v) is 8.98. The van der Waals surface area contributed by atoms with Crippen LogP contribution in [0.5, 0.6) is 11.5 Å². The van der Waals surface area contributed by atoms with Gasteiger partial charge in [0.15, 0.2) is 11.5 Å². The summed E-state index contributed by atoms with van der Waals surface area (Å²) >= 11 is 0. The van der Waals surface area contributed by atoms with Gasteiger partial charge < -0.3 is 34.6 Å². The molecule has 1 aliphatic carbocycles. The lowest BCUT2D eigenvalue weighted by Gasteiger charge is -2.40. The van der Waals surface area contributed by atoms with Gasteiger partial charge in [0.05, 0.1) is 25.7 Å². The van der Waals surface area contributed by atoms with Crippen LogP contribution in [0.1, 0.15) is 54.4 Å². The average molecular weight is 505 g/mol. The first-order valence-electron chi connectivity index (χ1n) is 12.3. The molecule has 0 bridgehead atoms. The molecule has 10 heteroatoms. The van der Waals surface area contributed by atoms with Crippen LogP contribution in [0.3, 0.4) is 0 Å². The van der Waals surface area contributed by atoms with Gasteiger partial charge in [0, 0.05) is 36.9 Å². The van der Waals surface area contributed by atoms with Gasteiger partial charge in [0.1, 0.15) is 25.1 Å². The van der Waals surface area contributed by atoms with E-state index in [1.807, 2.05) is 0 Å². The smallest absolute Gasteiger partial charge is 0.249 e. The molecule has 1 aromatic carbocycles. The number of fused-ring (bicyclic) bond motifs is 3. The molecule has 1 aromatic rings. The van der Waals surface area contributed by atoms with E-state index < -0.39 is 30.1 Å². The SMILES string of the molecule is CCCCCCN(C(=O)COC)[C@@H]1C=C(C(=O)NCCO)[C@@H]2c3cc(C=O)cc(OC)c3O[C@@H]2[C@H]1O. The number of amides is 2. The third-order valence-electron chi connectivity index (χ3n) is 6.61. The fourth-order valence-corrected chi connectivity index (χ4v) is 4.91. The van der Waals surface area contributed by atoms with E-state index in [1.54, 1.807) is 17.0 Å². The maximum Gasteiger partial charge on any atom is 0.249 e. The number of nitrogens with zero attached hydrogens (tertiary/aromatic N) is 1. The molecule has 0 unspecified atom stereocenters. The van der Waals surface area contributed by atoms with E-state index in [1.165, 1.54) is 20.3 Å². The van der Waals surface area contributed by atoms with Crippen molar-refractivity contribution in [3.63, 3.8) is 0 Å². The fourth-order valence-electron chi connectivity index (χ4n) is 4.91. The molecule has 0 aromatic heterocycles. The molecule has 10 nitrogen and oxygen atoms in total. The normalized spacial score (nSPS) is 22.1. The van der Waals surface area contributed by atoms with E-state index in [9.17, 15) is 24.6 Å². The van der Waals surface area contributed by atoms with E-state index in [0.29, 0.717) is 35.5 Å². The summed E-state index contributed by atoms with van der Waals surface area (Å²) in [6.45, 7) is 2.11. The number of rotatable bonds is 13. The third-order valence-corrected chi connectivity index (χ3v) is 6.61. The van der Waals surface area contributed by atoms with Gasteiger partial charge in [0.2, 0.25) is 11.8 Å². The quantitative estimate of drug-likeness (QED) is 0.269. The molecule has 3 N–H and O–H groups in total. The van der Waals surface area contributed by atoms with Gasteiger partial charge in [-0.15, -0.1) is 0 Å². The van der Waals surface area contributed by atoms with Crippen LogP contribution in [0, 0.1) is 0 Å². The van der Waals surface area contributed by atoms with E-state index >= 15 is 0 Å². The molecule has 0 saturated heterocycles. The molecule has 3 rings (SSSR count). The van der Waals surface area contributed by atoms with Crippen molar-refractivity contribution in [3.05, 3.63) is 34.9 Å². The van der Waals surface area contributed by atoms with E-state index in [4.69, 9.17) is 14.2 Å². The van der Waals surface area contributed by atoms with E-state index in [-0.39, 0.29) is 31.2 Å². The predicted molar refractivity (Wildman–Crippen MR) is 131 cm³/mol. The van der Waals surface area contributed by atoms with Gasteiger partial charge in [-0.2, -0.15) is 0 Å². The molecule has 0 fully saturated rings. The highest BCUT2D eigenvalue weighted by molar-refractivity contribution is 5.96. The van der Waals surface area contributed by atoms with Crippen LogP contribution >= 0.6 is 0 Å². The second kappa shape index (κ2) is 12.8. The molecule has 0 saturated carbocycles. The molecule has 198 valence electrons. The summed E-state index contributed by atoms with van der Waals surface area (Å²) in [6, 6.07) is 2.31. The Morgan fingerprint density at radius 3 is 2.64 bits per heavy atom. The predicted octanol–water partition coefficient (Wildman–Crippen LogP) is 1.19. The number of aldehydes is 1. The Hall–Kier alpha value is -2.95. The van der Waals surface area contributed by atoms with Crippen LogP contribution in [0.25, 0.3) is 0 Å². The first-order valence-corrected chi connectivity index (χ1v) is 12.3. The molecule has 0 spiro atoms. The lowest BCUT2D eigenvalue weighted by Crippen LogP contribution is -2.56. The zero-order chi connectivity index (χ0) is 26.2. The zero-order valence-electron chi connectivity index (χ0n) is 21.1. The number of benzene rings is 1. The molecule has 2 amide bonds. The van der Waals surface area contributed by atoms with Crippen molar-refractivity contribution in [1.82, 2.24) is 10.2 Å². The third kappa shape index (κ3) is 5.71. The number of hydrogen-bond acceptors (Lipinski definition) is 8. The van der Waals surface area contributed by atoms with Crippen molar-refractivity contribution >= 4 is 18.1 Å². The van der Waals surface area contributed by atoms with Crippen LogP contribution in [-0.2, 0) is 14.3 Å². The standard InChI is InChI=1S/C26H36N2O8/c1-4-5-6-7-9-28(21(31)15-34-2)19-13-18(26(33)27-8-10-29)22-17-11-16(14-30)12-20(35-3)24(17)36-25(22)23(19)32/h11-14,19,22-23,25,29,32H,4-10,15H2,1-3H3,(H,27,33)/t19-,22+,23+,25+/m1/s1. The number of methoxy groups -OCH3 is 2. The number of unbranched alkanes of at least 4 members (excludes halogenated alkanes) is 3. The minimum Gasteiger partial charge on any atom is -0.493 e. The van der Waals surface area contributed by atoms with Crippen molar-refractivity contribution in [2.24, 2.45) is 0 Å². The highest BCUT2D eigenvalue weighted by Crippen LogP contribution is 2.51. The van der Waals surface area contributed by atoms with Crippen LogP contribution in [0.2, 0.25) is 0 Å². The zero-order valence-corrected chi connectivity index (χ0v) is 21.1. The first kappa shape index (κ1) is 27.6. The maximum absolute atomic E-state index is 13.2. The van der Waals surface area contributed by atoms with Gasteiger partial charge in [0.25, 0.3) is 0 Å². The lowest BCUT2D eigenvalue weighted by molar-refractivity contribution is -0.141. The Labute approximate surface area is 211 Å². The summed E-state index contributed by atoms with van der Waals surface area (Å²) in [6.07, 6.45) is 3.93. The number of hydrogen-bond donors (Lipinski definition) is 3. The molecule has 1 aliphatic heterocycles. The second-order valence-electron chi connectivity index (χ2n) is 8.98. The van der Waals surface area contributed by atoms with Crippen molar-refractivity contribution < 1.29 is 38.8 Å². The summed E-state index contributed by atoms with van der Waals surface area (Å²) < 4.78 is 16.7. The Morgan fingerprint density at radius 2 is 2.00 bits per heavy atom. The number of nitrogens with one attached hydrogen (secondary N) is 1. The fraction of sp³-hybridized carbons (Fsp3) is 0.577. The van der Waals surface area contributed by atoms with E-state index in [2.05, 4.69) is 12.2 Å². The van der Waals surface area contributed by atoms with Gasteiger partial charge in [-0.3, -0.25) is 14.4 Å². The van der Waals surface area contributed by atoms with Crippen molar-refractivity contribution in [1.29, 1.82) is 0 Å². The minimum atomic E-state index is -1.16. The molecular formula is C26H36N2O8. The van der Waals surface area contributed by atoms with Crippen LogP contribution < -0.4 is 14.8 Å². The topological polar surface area (TPSA) is 135 Å². The largest absolute Gasteiger partial charge is 0.493 e. The van der Waals surface area contributed by atoms with Crippen LogP contribution in [0.4, 0.5) is 0 Å². The minimum absolute atomic E-state index is 0.0372. The van der Waals surface area contributed by atoms with Gasteiger partial charge in [-0.25, -0.2) is 0 Å². The van der Waals surface area contributed by atoms with Crippen molar-refractivity contribution in [2.45, 2.75) is 56.8 Å². The summed E-state index contributed by atoms with van der Waals surface area (Å²) in [7, 11) is 2.87.